The van der Waals surface area contributed by atoms with Crippen molar-refractivity contribution in [1.29, 1.82) is 0 Å². The first-order chi connectivity index (χ1) is 21.2. The molecule has 226 valence electrons. The van der Waals surface area contributed by atoms with Crippen molar-refractivity contribution in [1.82, 2.24) is 34.4 Å². The predicted octanol–water partition coefficient (Wildman–Crippen LogP) is 4.17. The fraction of sp³-hybridized carbons (Fsp3) is 0.233. The minimum atomic E-state index is -3.47. The lowest BCUT2D eigenvalue weighted by atomic mass is 10.0. The summed E-state index contributed by atoms with van der Waals surface area (Å²) in [5, 5.41) is 15.0. The summed E-state index contributed by atoms with van der Waals surface area (Å²) in [5.41, 5.74) is 4.64. The summed E-state index contributed by atoms with van der Waals surface area (Å²) in [5.74, 6) is 0.593. The van der Waals surface area contributed by atoms with Crippen LogP contribution in [0.5, 0.6) is 0 Å². The largest absolute Gasteiger partial charge is 0.423 e. The van der Waals surface area contributed by atoms with Crippen molar-refractivity contribution in [3.8, 4) is 22.6 Å². The molecule has 6 rings (SSSR count). The van der Waals surface area contributed by atoms with Crippen LogP contribution in [0.2, 0.25) is 5.02 Å². The highest BCUT2D eigenvalue weighted by molar-refractivity contribution is 7.88. The molecule has 2 aromatic carbocycles. The van der Waals surface area contributed by atoms with Crippen LogP contribution < -0.4 is 16.2 Å². The highest BCUT2D eigenvalue weighted by atomic mass is 35.5. The van der Waals surface area contributed by atoms with Gasteiger partial charge in [-0.15, -0.1) is 10.2 Å². The highest BCUT2D eigenvalue weighted by Gasteiger charge is 2.19. The molecule has 1 aliphatic heterocycles. The number of likely N-dealkylation sites (N-methyl/N-ethyl adjacent to an activating group) is 1. The Balaban J connectivity index is 1.37. The van der Waals surface area contributed by atoms with E-state index in [0.717, 1.165) is 37.0 Å². The van der Waals surface area contributed by atoms with E-state index in [9.17, 15) is 13.2 Å². The average Bonchev–Trinajstić information content (AvgIpc) is 3.56. The summed E-state index contributed by atoms with van der Waals surface area (Å²) in [6.45, 7) is 1.93. The van der Waals surface area contributed by atoms with E-state index in [2.05, 4.69) is 49.0 Å². The number of pyridine rings is 1. The van der Waals surface area contributed by atoms with Crippen molar-refractivity contribution in [2.75, 3.05) is 38.3 Å². The molecule has 12 nitrogen and oxygen atoms in total. The molecule has 0 saturated carbocycles. The second-order valence-corrected chi connectivity index (χ2v) is 12.9. The van der Waals surface area contributed by atoms with Gasteiger partial charge in [-0.05, 0) is 54.4 Å². The molecule has 0 spiro atoms. The molecule has 1 aliphatic rings. The maximum absolute atomic E-state index is 14.0. The molecule has 2 N–H and O–H groups in total. The molecule has 0 radical (unpaired) electrons. The second-order valence-electron chi connectivity index (χ2n) is 10.4. The van der Waals surface area contributed by atoms with Gasteiger partial charge < -0.3 is 15.1 Å². The summed E-state index contributed by atoms with van der Waals surface area (Å²) < 4.78 is 32.1. The van der Waals surface area contributed by atoms with Crippen molar-refractivity contribution in [3.05, 3.63) is 88.1 Å². The number of benzene rings is 2. The van der Waals surface area contributed by atoms with E-state index in [1.165, 1.54) is 27.9 Å². The number of nitrogens with one attached hydrogen (secondary N) is 2. The minimum Gasteiger partial charge on any atom is -0.423 e. The van der Waals surface area contributed by atoms with Gasteiger partial charge in [-0.1, -0.05) is 35.9 Å². The summed E-state index contributed by atoms with van der Waals surface area (Å²) >= 11 is 6.65. The van der Waals surface area contributed by atoms with Gasteiger partial charge in [0.2, 0.25) is 28.3 Å². The topological polar surface area (TPSA) is 148 Å². The van der Waals surface area contributed by atoms with E-state index in [1.54, 1.807) is 30.5 Å². The molecule has 4 heterocycles. The molecule has 14 heteroatoms. The van der Waals surface area contributed by atoms with E-state index in [1.807, 2.05) is 12.1 Å². The average molecular weight is 633 g/mol. The number of halogens is 1. The Morgan fingerprint density at radius 3 is 2.59 bits per heavy atom. The Labute approximate surface area is 258 Å². The van der Waals surface area contributed by atoms with Crippen molar-refractivity contribution >= 4 is 49.9 Å². The number of hydrogen-bond acceptors (Lipinski definition) is 10. The van der Waals surface area contributed by atoms with Crippen molar-refractivity contribution in [2.45, 2.75) is 13.0 Å². The zero-order valence-corrected chi connectivity index (χ0v) is 25.6. The first kappa shape index (κ1) is 29.6. The Hall–Kier alpha value is -4.43. The Morgan fingerprint density at radius 2 is 1.91 bits per heavy atom. The smallest absolute Gasteiger partial charge is 0.260 e. The van der Waals surface area contributed by atoms with Crippen LogP contribution in [0, 0.1) is 0 Å². The molecule has 0 unspecified atom stereocenters. The quantitative estimate of drug-likeness (QED) is 0.242. The van der Waals surface area contributed by atoms with Gasteiger partial charge in [-0.2, -0.15) is 4.98 Å². The van der Waals surface area contributed by atoms with Crippen LogP contribution in [0.4, 0.5) is 11.6 Å². The molecule has 0 amide bonds. The SMILES string of the molecule is CN(CCn1c(=O)c(-c2ccc(-c3nnco3)cc2Cl)cc2cnc(Nc3ccc(C4=CCNCC4)cc3)nc21)S(C)(=O)=O. The van der Waals surface area contributed by atoms with Gasteiger partial charge in [-0.25, -0.2) is 17.7 Å². The number of anilines is 2. The van der Waals surface area contributed by atoms with Crippen LogP contribution in [0.25, 0.3) is 39.2 Å². The van der Waals surface area contributed by atoms with Gasteiger partial charge >= 0.3 is 0 Å². The predicted molar refractivity (Wildman–Crippen MR) is 170 cm³/mol. The molecule has 0 bridgehead atoms. The maximum Gasteiger partial charge on any atom is 0.260 e. The van der Waals surface area contributed by atoms with Crippen LogP contribution in [0.1, 0.15) is 12.0 Å². The van der Waals surface area contributed by atoms with Gasteiger partial charge in [0.05, 0.1) is 6.26 Å². The van der Waals surface area contributed by atoms with E-state index < -0.39 is 10.0 Å². The maximum atomic E-state index is 14.0. The number of sulfonamides is 1. The summed E-state index contributed by atoms with van der Waals surface area (Å²) in [7, 11) is -2.01. The molecule has 44 heavy (non-hydrogen) atoms. The van der Waals surface area contributed by atoms with Gasteiger partial charge in [-0.3, -0.25) is 9.36 Å². The van der Waals surface area contributed by atoms with Crippen LogP contribution in [0.15, 0.2) is 76.4 Å². The van der Waals surface area contributed by atoms with Crippen molar-refractivity contribution < 1.29 is 12.8 Å². The Morgan fingerprint density at radius 1 is 1.11 bits per heavy atom. The Kier molecular flexibility index (Phi) is 8.27. The summed E-state index contributed by atoms with van der Waals surface area (Å²) in [4.78, 5) is 23.2. The summed E-state index contributed by atoms with van der Waals surface area (Å²) in [6, 6.07) is 14.8. The monoisotopic (exact) mass is 632 g/mol. The zero-order chi connectivity index (χ0) is 30.8. The third kappa shape index (κ3) is 6.26. The first-order valence-electron chi connectivity index (χ1n) is 13.8. The van der Waals surface area contributed by atoms with E-state index >= 15 is 0 Å². The van der Waals surface area contributed by atoms with Crippen molar-refractivity contribution in [3.63, 3.8) is 0 Å². The van der Waals surface area contributed by atoms with Crippen LogP contribution >= 0.6 is 11.6 Å². The lowest BCUT2D eigenvalue weighted by Crippen LogP contribution is -2.33. The van der Waals surface area contributed by atoms with Gasteiger partial charge in [0.15, 0.2) is 0 Å². The van der Waals surface area contributed by atoms with Crippen molar-refractivity contribution in [2.24, 2.45) is 0 Å². The molecule has 5 aromatic rings. The first-order valence-corrected chi connectivity index (χ1v) is 16.1. The molecule has 0 saturated heterocycles. The Bertz CT molecular complexity index is 2030. The minimum absolute atomic E-state index is 0.0551. The standard InChI is InChI=1S/C30H29ClN8O4S/c1-38(44(2,41)42)13-14-39-27-22(15-25(29(39)40)24-8-5-21(16-26(24)31)28-37-34-18-43-28)17-33-30(36-27)35-23-6-3-19(4-7-23)20-9-11-32-12-10-20/h3-9,15-18,32H,10-14H2,1-2H3,(H,33,35,36). The lowest BCUT2D eigenvalue weighted by molar-refractivity contribution is 0.449. The number of hydrogen-bond donors (Lipinski definition) is 2. The van der Waals surface area contributed by atoms with Gasteiger partial charge in [0, 0.05) is 65.7 Å². The fourth-order valence-corrected chi connectivity index (χ4v) is 5.67. The van der Waals surface area contributed by atoms with Crippen LogP contribution in [0.3, 0.4) is 0 Å². The summed E-state index contributed by atoms with van der Waals surface area (Å²) in [6.07, 6.45) is 7.13. The van der Waals surface area contributed by atoms with Crippen LogP contribution in [-0.4, -0.2) is 70.4 Å². The van der Waals surface area contributed by atoms with E-state index in [0.29, 0.717) is 44.6 Å². The highest BCUT2D eigenvalue weighted by Crippen LogP contribution is 2.32. The van der Waals surface area contributed by atoms with Gasteiger partial charge in [0.1, 0.15) is 5.65 Å². The zero-order valence-electron chi connectivity index (χ0n) is 24.0. The van der Waals surface area contributed by atoms with Crippen LogP contribution in [-0.2, 0) is 16.6 Å². The number of rotatable bonds is 9. The molecular weight excluding hydrogens is 604 g/mol. The molecular formula is C30H29ClN8O4S. The number of nitrogens with zero attached hydrogens (tertiary/aromatic N) is 6. The number of fused-ring (bicyclic) bond motifs is 1. The molecule has 0 fully saturated rings. The van der Waals surface area contributed by atoms with Gasteiger partial charge in [0.25, 0.3) is 5.56 Å². The second kappa shape index (κ2) is 12.3. The third-order valence-corrected chi connectivity index (χ3v) is 9.10. The molecule has 0 atom stereocenters. The molecule has 0 aliphatic carbocycles. The fourth-order valence-electron chi connectivity index (χ4n) is 4.97. The normalized spacial score (nSPS) is 13.8. The number of aromatic nitrogens is 5. The molecule has 3 aromatic heterocycles. The van der Waals surface area contributed by atoms with E-state index in [-0.39, 0.29) is 18.6 Å². The third-order valence-electron chi connectivity index (χ3n) is 7.47. The van der Waals surface area contributed by atoms with E-state index in [4.69, 9.17) is 16.0 Å². The lowest BCUT2D eigenvalue weighted by Gasteiger charge is -2.18.